The van der Waals surface area contributed by atoms with Crippen molar-refractivity contribution in [3.05, 3.63) is 18.0 Å². The van der Waals surface area contributed by atoms with Crippen molar-refractivity contribution in [3.8, 4) is 0 Å². The lowest BCUT2D eigenvalue weighted by Crippen LogP contribution is -2.25. The van der Waals surface area contributed by atoms with Gasteiger partial charge in [0, 0.05) is 24.7 Å². The van der Waals surface area contributed by atoms with Gasteiger partial charge in [-0.15, -0.1) is 0 Å². The molecule has 1 N–H and O–H groups in total. The van der Waals surface area contributed by atoms with Crippen molar-refractivity contribution in [1.29, 1.82) is 0 Å². The second-order valence-corrected chi connectivity index (χ2v) is 5.91. The van der Waals surface area contributed by atoms with Crippen molar-refractivity contribution >= 4 is 15.8 Å². The highest BCUT2D eigenvalue weighted by molar-refractivity contribution is 7.90. The first-order valence-electron chi connectivity index (χ1n) is 4.60. The van der Waals surface area contributed by atoms with Crippen molar-refractivity contribution < 1.29 is 8.42 Å². The third kappa shape index (κ3) is 4.73. The highest BCUT2D eigenvalue weighted by Crippen LogP contribution is 2.02. The number of aromatic nitrogens is 2. The van der Waals surface area contributed by atoms with Crippen LogP contribution < -0.4 is 5.32 Å². The Kier molecular flexibility index (Phi) is 3.62. The maximum Gasteiger partial charge on any atom is 0.222 e. The quantitative estimate of drug-likeness (QED) is 0.820. The molecule has 0 saturated heterocycles. The van der Waals surface area contributed by atoms with E-state index in [0.29, 0.717) is 5.95 Å². The lowest BCUT2D eigenvalue weighted by Gasteiger charge is -2.11. The summed E-state index contributed by atoms with van der Waals surface area (Å²) in [6.45, 7) is 3.67. The molecule has 0 amide bonds. The van der Waals surface area contributed by atoms with Gasteiger partial charge in [-0.25, -0.2) is 18.4 Å². The van der Waals surface area contributed by atoms with Crippen molar-refractivity contribution in [3.63, 3.8) is 0 Å². The first-order valence-corrected chi connectivity index (χ1v) is 6.66. The third-order valence-corrected chi connectivity index (χ3v) is 2.81. The Morgan fingerprint density at radius 2 is 1.93 bits per heavy atom. The van der Waals surface area contributed by atoms with Gasteiger partial charge in [-0.1, -0.05) is 0 Å². The Bertz CT molecular complexity index is 413. The Morgan fingerprint density at radius 3 is 2.40 bits per heavy atom. The van der Waals surface area contributed by atoms with Crippen molar-refractivity contribution in [1.82, 2.24) is 9.97 Å². The van der Waals surface area contributed by atoms with Crippen LogP contribution in [-0.2, 0) is 9.84 Å². The van der Waals surface area contributed by atoms with Gasteiger partial charge in [-0.05, 0) is 19.4 Å². The number of nitrogens with one attached hydrogen (secondary N) is 1. The van der Waals surface area contributed by atoms with E-state index in [-0.39, 0.29) is 11.8 Å². The highest BCUT2D eigenvalue weighted by atomic mass is 32.2. The molecule has 1 unspecified atom stereocenters. The molecule has 0 bridgehead atoms. The molecule has 0 aliphatic carbocycles. The lowest BCUT2D eigenvalue weighted by atomic mass is 10.4. The molecule has 1 aromatic rings. The van der Waals surface area contributed by atoms with E-state index in [9.17, 15) is 8.42 Å². The molecule has 0 aromatic carbocycles. The Hall–Kier alpha value is -1.17. The molecule has 0 aliphatic rings. The van der Waals surface area contributed by atoms with E-state index in [1.165, 1.54) is 6.26 Å². The molecule has 6 heteroatoms. The molecule has 1 aromatic heterocycles. The SMILES string of the molecule is Cc1cnc(NC(C)CS(C)(=O)=O)nc1. The van der Waals surface area contributed by atoms with E-state index in [0.717, 1.165) is 5.56 Å². The molecular weight excluding hydrogens is 214 g/mol. The minimum absolute atomic E-state index is 0.0736. The molecule has 84 valence electrons. The van der Waals surface area contributed by atoms with Crippen molar-refractivity contribution in [2.45, 2.75) is 19.9 Å². The maximum absolute atomic E-state index is 11.0. The third-order valence-electron chi connectivity index (χ3n) is 1.71. The minimum Gasteiger partial charge on any atom is -0.351 e. The van der Waals surface area contributed by atoms with Gasteiger partial charge in [-0.3, -0.25) is 0 Å². The van der Waals surface area contributed by atoms with Crippen LogP contribution in [0.1, 0.15) is 12.5 Å². The van der Waals surface area contributed by atoms with Crippen LogP contribution in [0.3, 0.4) is 0 Å². The predicted molar refractivity (Wildman–Crippen MR) is 59.6 cm³/mol. The number of aryl methyl sites for hydroxylation is 1. The first kappa shape index (κ1) is 11.9. The fourth-order valence-corrected chi connectivity index (χ4v) is 2.17. The normalized spacial score (nSPS) is 13.5. The van der Waals surface area contributed by atoms with Crippen LogP contribution in [0.25, 0.3) is 0 Å². The number of hydrogen-bond acceptors (Lipinski definition) is 5. The van der Waals surface area contributed by atoms with Gasteiger partial charge in [0.15, 0.2) is 0 Å². The number of rotatable bonds is 4. The van der Waals surface area contributed by atoms with Crippen LogP contribution in [0.2, 0.25) is 0 Å². The minimum atomic E-state index is -2.97. The van der Waals surface area contributed by atoms with Crippen LogP contribution >= 0.6 is 0 Å². The van der Waals surface area contributed by atoms with Crippen molar-refractivity contribution in [2.24, 2.45) is 0 Å². The van der Waals surface area contributed by atoms with Crippen molar-refractivity contribution in [2.75, 3.05) is 17.3 Å². The first-order chi connectivity index (χ1) is 6.87. The molecular formula is C9H15N3O2S. The average Bonchev–Trinajstić information content (AvgIpc) is 2.05. The molecule has 0 aliphatic heterocycles. The van der Waals surface area contributed by atoms with Crippen LogP contribution in [0.4, 0.5) is 5.95 Å². The second-order valence-electron chi connectivity index (χ2n) is 3.72. The molecule has 0 saturated carbocycles. The number of sulfone groups is 1. The summed E-state index contributed by atoms with van der Waals surface area (Å²) in [7, 11) is -2.97. The average molecular weight is 229 g/mol. The summed E-state index contributed by atoms with van der Waals surface area (Å²) in [5.41, 5.74) is 0.969. The highest BCUT2D eigenvalue weighted by Gasteiger charge is 2.10. The fourth-order valence-electron chi connectivity index (χ4n) is 1.18. The van der Waals surface area contributed by atoms with Gasteiger partial charge in [0.25, 0.3) is 0 Å². The summed E-state index contributed by atoms with van der Waals surface area (Å²) < 4.78 is 22.0. The van der Waals surface area contributed by atoms with Gasteiger partial charge in [0.1, 0.15) is 9.84 Å². The van der Waals surface area contributed by atoms with Gasteiger partial charge in [0.05, 0.1) is 5.75 Å². The molecule has 5 nitrogen and oxygen atoms in total. The van der Waals surface area contributed by atoms with Gasteiger partial charge < -0.3 is 5.32 Å². The summed E-state index contributed by atoms with van der Waals surface area (Å²) in [4.78, 5) is 8.06. The van der Waals surface area contributed by atoms with Gasteiger partial charge >= 0.3 is 0 Å². The van der Waals surface area contributed by atoms with Crippen LogP contribution in [-0.4, -0.2) is 36.4 Å². The molecule has 1 heterocycles. The lowest BCUT2D eigenvalue weighted by molar-refractivity contribution is 0.597. The molecule has 1 atom stereocenters. The summed E-state index contributed by atoms with van der Waals surface area (Å²) in [5.74, 6) is 0.529. The van der Waals surface area contributed by atoms with Gasteiger partial charge in [0.2, 0.25) is 5.95 Å². The smallest absolute Gasteiger partial charge is 0.222 e. The van der Waals surface area contributed by atoms with Crippen LogP contribution in [0, 0.1) is 6.92 Å². The van der Waals surface area contributed by atoms with Gasteiger partial charge in [-0.2, -0.15) is 0 Å². The molecule has 15 heavy (non-hydrogen) atoms. The molecule has 0 fully saturated rings. The zero-order valence-corrected chi connectivity index (χ0v) is 9.87. The summed E-state index contributed by atoms with van der Waals surface area (Å²) in [5, 5.41) is 2.92. The number of nitrogens with zero attached hydrogens (tertiary/aromatic N) is 2. The van der Waals surface area contributed by atoms with Crippen LogP contribution in [0.5, 0.6) is 0 Å². The predicted octanol–water partition coefficient (Wildman–Crippen LogP) is 0.630. The van der Waals surface area contributed by atoms with E-state index in [1.807, 2.05) is 6.92 Å². The Morgan fingerprint density at radius 1 is 1.40 bits per heavy atom. The summed E-state index contributed by atoms with van der Waals surface area (Å²) in [6, 6.07) is -0.192. The molecule has 0 radical (unpaired) electrons. The van der Waals surface area contributed by atoms with E-state index in [4.69, 9.17) is 0 Å². The topological polar surface area (TPSA) is 72.0 Å². The number of anilines is 1. The van der Waals surface area contributed by atoms with E-state index in [2.05, 4.69) is 15.3 Å². The zero-order valence-electron chi connectivity index (χ0n) is 9.06. The standard InChI is InChI=1S/C9H15N3O2S/c1-7-4-10-9(11-5-7)12-8(2)6-15(3,13)14/h4-5,8H,6H2,1-3H3,(H,10,11,12). The number of hydrogen-bond donors (Lipinski definition) is 1. The Labute approximate surface area is 89.9 Å². The fraction of sp³-hybridized carbons (Fsp3) is 0.556. The van der Waals surface area contributed by atoms with E-state index >= 15 is 0 Å². The summed E-state index contributed by atoms with van der Waals surface area (Å²) >= 11 is 0. The maximum atomic E-state index is 11.0. The largest absolute Gasteiger partial charge is 0.351 e. The second kappa shape index (κ2) is 4.57. The van der Waals surface area contributed by atoms with E-state index < -0.39 is 9.84 Å². The Balaban J connectivity index is 2.59. The summed E-state index contributed by atoms with van der Waals surface area (Å²) in [6.07, 6.45) is 4.58. The zero-order chi connectivity index (χ0) is 11.5. The molecule has 0 spiro atoms. The molecule has 1 rings (SSSR count). The van der Waals surface area contributed by atoms with E-state index in [1.54, 1.807) is 19.3 Å². The van der Waals surface area contributed by atoms with Crippen LogP contribution in [0.15, 0.2) is 12.4 Å². The monoisotopic (exact) mass is 229 g/mol.